The monoisotopic (exact) mass is 252 g/mol. The van der Waals surface area contributed by atoms with E-state index in [1.54, 1.807) is 0 Å². The van der Waals surface area contributed by atoms with Gasteiger partial charge in [-0.25, -0.2) is 4.39 Å². The molecule has 1 nitrogen and oxygen atoms in total. The normalized spacial score (nSPS) is 19.2. The highest BCUT2D eigenvalue weighted by Gasteiger charge is 2.41. The molecule has 0 amide bonds. The average Bonchev–Trinajstić information content (AvgIpc) is 2.17. The van der Waals surface area contributed by atoms with E-state index >= 15 is 0 Å². The van der Waals surface area contributed by atoms with Crippen LogP contribution in [0, 0.1) is 5.82 Å². The van der Waals surface area contributed by atoms with E-state index in [9.17, 15) is 17.6 Å². The fourth-order valence-corrected chi connectivity index (χ4v) is 1.49. The van der Waals surface area contributed by atoms with Gasteiger partial charge < -0.3 is 4.74 Å². The number of alkyl halides is 3. The molecule has 1 aliphatic heterocycles. The van der Waals surface area contributed by atoms with Gasteiger partial charge in [0.2, 0.25) is 6.10 Å². The Bertz CT molecular complexity index is 453. The maximum absolute atomic E-state index is 13.0. The predicted octanol–water partition coefficient (Wildman–Crippen LogP) is 3.82. The summed E-state index contributed by atoms with van der Waals surface area (Å²) in [5.41, 5.74) is 0.326. The van der Waals surface area contributed by atoms with Crippen LogP contribution >= 0.6 is 11.6 Å². The molecule has 2 rings (SSSR count). The minimum atomic E-state index is -4.51. The van der Waals surface area contributed by atoms with Gasteiger partial charge in [-0.3, -0.25) is 0 Å². The van der Waals surface area contributed by atoms with Gasteiger partial charge in [-0.1, -0.05) is 17.7 Å². The zero-order valence-electron chi connectivity index (χ0n) is 7.68. The van der Waals surface area contributed by atoms with Crippen LogP contribution < -0.4 is 4.74 Å². The molecule has 1 aromatic carbocycles. The Balaban J connectivity index is 2.38. The van der Waals surface area contributed by atoms with Gasteiger partial charge in [0.25, 0.3) is 0 Å². The van der Waals surface area contributed by atoms with E-state index in [0.717, 1.165) is 12.1 Å². The molecule has 0 saturated heterocycles. The van der Waals surface area contributed by atoms with E-state index in [1.165, 1.54) is 12.1 Å². The van der Waals surface area contributed by atoms with Crippen molar-refractivity contribution in [2.45, 2.75) is 12.3 Å². The summed E-state index contributed by atoms with van der Waals surface area (Å²) in [6.07, 6.45) is -4.48. The molecule has 0 spiro atoms. The van der Waals surface area contributed by atoms with Crippen molar-refractivity contribution in [3.63, 3.8) is 0 Å². The van der Waals surface area contributed by atoms with Gasteiger partial charge in [0.05, 0.1) is 5.02 Å². The highest BCUT2D eigenvalue weighted by atomic mass is 35.5. The summed E-state index contributed by atoms with van der Waals surface area (Å²) >= 11 is 5.49. The van der Waals surface area contributed by atoms with Gasteiger partial charge in [-0.15, -0.1) is 0 Å². The molecule has 0 N–H and O–H groups in total. The van der Waals surface area contributed by atoms with E-state index in [4.69, 9.17) is 11.6 Å². The summed E-state index contributed by atoms with van der Waals surface area (Å²) in [5, 5.41) is -0.155. The van der Waals surface area contributed by atoms with Crippen molar-refractivity contribution >= 4 is 17.7 Å². The average molecular weight is 253 g/mol. The molecule has 0 aromatic heterocycles. The lowest BCUT2D eigenvalue weighted by atomic mass is 10.1. The van der Waals surface area contributed by atoms with Crippen molar-refractivity contribution < 1.29 is 22.3 Å². The van der Waals surface area contributed by atoms with Gasteiger partial charge in [0, 0.05) is 11.6 Å². The number of ether oxygens (including phenoxy) is 1. The van der Waals surface area contributed by atoms with Gasteiger partial charge >= 0.3 is 6.18 Å². The fourth-order valence-electron chi connectivity index (χ4n) is 1.32. The molecule has 1 heterocycles. The second-order valence-corrected chi connectivity index (χ2v) is 3.65. The zero-order chi connectivity index (χ0) is 11.9. The topological polar surface area (TPSA) is 9.23 Å². The molecule has 0 saturated carbocycles. The smallest absolute Gasteiger partial charge is 0.429 e. The number of benzene rings is 1. The van der Waals surface area contributed by atoms with Crippen LogP contribution in [0.4, 0.5) is 17.6 Å². The summed E-state index contributed by atoms with van der Waals surface area (Å²) in [4.78, 5) is 0. The summed E-state index contributed by atoms with van der Waals surface area (Å²) in [6.45, 7) is 0. The first-order chi connectivity index (χ1) is 7.38. The molecule has 0 bridgehead atoms. The predicted molar refractivity (Wildman–Crippen MR) is 50.9 cm³/mol. The fraction of sp³-hybridized carbons (Fsp3) is 0.200. The van der Waals surface area contributed by atoms with Gasteiger partial charge in [0.1, 0.15) is 11.6 Å². The van der Waals surface area contributed by atoms with E-state index in [-0.39, 0.29) is 10.8 Å². The third-order valence-electron chi connectivity index (χ3n) is 2.08. The van der Waals surface area contributed by atoms with Crippen LogP contribution in [0.15, 0.2) is 18.2 Å². The molecular formula is C10H5ClF4O. The second kappa shape index (κ2) is 3.66. The molecular weight excluding hydrogens is 248 g/mol. The Labute approximate surface area is 93.3 Å². The molecule has 6 heteroatoms. The lowest BCUT2D eigenvalue weighted by molar-refractivity contribution is -0.180. The lowest BCUT2D eigenvalue weighted by Crippen LogP contribution is -2.33. The van der Waals surface area contributed by atoms with Crippen LogP contribution in [0.3, 0.4) is 0 Å². The molecule has 86 valence electrons. The summed E-state index contributed by atoms with van der Waals surface area (Å²) in [5.74, 6) is -0.969. The van der Waals surface area contributed by atoms with Gasteiger partial charge in [-0.2, -0.15) is 13.2 Å². The molecule has 1 unspecified atom stereocenters. The zero-order valence-corrected chi connectivity index (χ0v) is 8.44. The summed E-state index contributed by atoms with van der Waals surface area (Å²) < 4.78 is 54.6. The minimum absolute atomic E-state index is 0.155. The highest BCUT2D eigenvalue weighted by molar-refractivity contribution is 6.30. The minimum Gasteiger partial charge on any atom is -0.476 e. The van der Waals surface area contributed by atoms with E-state index in [0.29, 0.717) is 5.56 Å². The maximum Gasteiger partial charge on any atom is 0.429 e. The number of hydrogen-bond donors (Lipinski definition) is 0. The molecule has 0 fully saturated rings. The lowest BCUT2D eigenvalue weighted by Gasteiger charge is -2.23. The van der Waals surface area contributed by atoms with Crippen molar-refractivity contribution in [1.82, 2.24) is 0 Å². The molecule has 1 aromatic rings. The van der Waals surface area contributed by atoms with Gasteiger partial charge in [0.15, 0.2) is 0 Å². The van der Waals surface area contributed by atoms with Crippen molar-refractivity contribution in [3.8, 4) is 5.75 Å². The third kappa shape index (κ3) is 2.00. The number of halogens is 5. The molecule has 0 radical (unpaired) electrons. The molecule has 1 aliphatic rings. The molecule has 1 atom stereocenters. The summed E-state index contributed by atoms with van der Waals surface area (Å²) in [6, 6.07) is 2.06. The molecule has 0 aliphatic carbocycles. The van der Waals surface area contributed by atoms with Crippen molar-refractivity contribution in [2.75, 3.05) is 0 Å². The summed E-state index contributed by atoms with van der Waals surface area (Å²) in [7, 11) is 0. The molecule has 16 heavy (non-hydrogen) atoms. The van der Waals surface area contributed by atoms with Crippen LogP contribution in [-0.4, -0.2) is 12.3 Å². The number of hydrogen-bond acceptors (Lipinski definition) is 1. The van der Waals surface area contributed by atoms with E-state index < -0.39 is 18.1 Å². The largest absolute Gasteiger partial charge is 0.476 e. The van der Waals surface area contributed by atoms with Crippen LogP contribution in [0.1, 0.15) is 5.56 Å². The van der Waals surface area contributed by atoms with Crippen molar-refractivity contribution in [1.29, 1.82) is 0 Å². The highest BCUT2D eigenvalue weighted by Crippen LogP contribution is 2.35. The van der Waals surface area contributed by atoms with Crippen LogP contribution in [-0.2, 0) is 0 Å². The van der Waals surface area contributed by atoms with Crippen LogP contribution in [0.25, 0.3) is 6.08 Å². The van der Waals surface area contributed by atoms with E-state index in [2.05, 4.69) is 4.74 Å². The quantitative estimate of drug-likeness (QED) is 0.638. The number of fused-ring (bicyclic) bond motifs is 1. The Morgan fingerprint density at radius 3 is 2.56 bits per heavy atom. The van der Waals surface area contributed by atoms with Crippen molar-refractivity contribution in [3.05, 3.63) is 34.6 Å². The van der Waals surface area contributed by atoms with Crippen LogP contribution in [0.5, 0.6) is 5.75 Å². The first-order valence-electron chi connectivity index (χ1n) is 4.28. The van der Waals surface area contributed by atoms with E-state index in [1.807, 2.05) is 0 Å². The first kappa shape index (κ1) is 11.3. The van der Waals surface area contributed by atoms with Crippen LogP contribution in [0.2, 0.25) is 5.02 Å². The standard InChI is InChI=1S/C10H5ClF4O/c11-6-3-5-1-2-9(10(13,14)15)16-8(5)4-7(6)12/h1-4,9H. The number of rotatable bonds is 0. The Kier molecular flexibility index (Phi) is 2.58. The maximum atomic E-state index is 13.0. The van der Waals surface area contributed by atoms with Crippen molar-refractivity contribution in [2.24, 2.45) is 0 Å². The third-order valence-corrected chi connectivity index (χ3v) is 2.37. The Morgan fingerprint density at radius 1 is 1.25 bits per heavy atom. The Hall–Kier alpha value is -1.23. The second-order valence-electron chi connectivity index (χ2n) is 3.24. The van der Waals surface area contributed by atoms with Gasteiger partial charge in [-0.05, 0) is 12.1 Å². The Morgan fingerprint density at radius 2 is 1.94 bits per heavy atom. The first-order valence-corrected chi connectivity index (χ1v) is 4.66. The SMILES string of the molecule is Fc1cc2c(cc1Cl)C=CC(C(F)(F)F)O2.